The van der Waals surface area contributed by atoms with Crippen LogP contribution in [0.1, 0.15) is 24.3 Å². The van der Waals surface area contributed by atoms with Gasteiger partial charge in [0.05, 0.1) is 5.69 Å². The molecule has 1 aromatic heterocycles. The predicted molar refractivity (Wildman–Crippen MR) is 88.6 cm³/mol. The Labute approximate surface area is 125 Å². The highest BCUT2D eigenvalue weighted by Crippen LogP contribution is 2.37. The Kier molecular flexibility index (Phi) is 3.24. The molecule has 2 nitrogen and oxygen atoms in total. The molecule has 0 spiro atoms. The molecule has 0 saturated carbocycles. The third-order valence-corrected chi connectivity index (χ3v) is 4.51. The summed E-state index contributed by atoms with van der Waals surface area (Å²) in [5, 5.41) is 4.93. The first-order valence-electron chi connectivity index (χ1n) is 7.80. The van der Waals surface area contributed by atoms with Crippen LogP contribution >= 0.6 is 0 Å². The fraction of sp³-hybridized carbons (Fsp3) is 0.263. The van der Waals surface area contributed by atoms with Crippen molar-refractivity contribution in [2.45, 2.75) is 18.8 Å². The van der Waals surface area contributed by atoms with Gasteiger partial charge in [-0.15, -0.1) is 0 Å². The van der Waals surface area contributed by atoms with Gasteiger partial charge in [0, 0.05) is 17.4 Å². The highest BCUT2D eigenvalue weighted by Gasteiger charge is 2.23. The van der Waals surface area contributed by atoms with Crippen molar-refractivity contribution in [3.05, 3.63) is 60.2 Å². The summed E-state index contributed by atoms with van der Waals surface area (Å²) in [6.45, 7) is 2.24. The zero-order valence-electron chi connectivity index (χ0n) is 12.1. The maximum Gasteiger partial charge on any atom is 0.0500 e. The van der Waals surface area contributed by atoms with Crippen LogP contribution in [-0.2, 0) is 0 Å². The molecule has 0 unspecified atom stereocenters. The molecule has 1 aliphatic heterocycles. The lowest BCUT2D eigenvalue weighted by Gasteiger charge is -2.24. The van der Waals surface area contributed by atoms with E-state index in [1.165, 1.54) is 40.6 Å². The topological polar surface area (TPSA) is 27.8 Å². The highest BCUT2D eigenvalue weighted by molar-refractivity contribution is 5.91. The summed E-state index contributed by atoms with van der Waals surface area (Å²) in [5.74, 6) is 0.602. The van der Waals surface area contributed by atoms with E-state index >= 15 is 0 Å². The molecule has 2 aromatic carbocycles. The minimum Gasteiger partial charge on any atom is -0.354 e. The minimum atomic E-state index is 0.602. The molecule has 1 saturated heterocycles. The lowest BCUT2D eigenvalue weighted by Crippen LogP contribution is -2.28. The van der Waals surface area contributed by atoms with E-state index in [-0.39, 0.29) is 0 Å². The van der Waals surface area contributed by atoms with Crippen LogP contribution in [-0.4, -0.2) is 18.1 Å². The van der Waals surface area contributed by atoms with Crippen molar-refractivity contribution in [2.75, 3.05) is 13.1 Å². The number of fused-ring (bicyclic) bond motifs is 1. The van der Waals surface area contributed by atoms with Gasteiger partial charge in [-0.1, -0.05) is 48.5 Å². The summed E-state index contributed by atoms with van der Waals surface area (Å²) in [7, 11) is 0. The van der Waals surface area contributed by atoms with Crippen LogP contribution in [0.25, 0.3) is 22.2 Å². The van der Waals surface area contributed by atoms with Crippen LogP contribution in [0.2, 0.25) is 0 Å². The molecular weight excluding hydrogens is 256 g/mol. The van der Waals surface area contributed by atoms with Gasteiger partial charge in [-0.2, -0.15) is 0 Å². The first kappa shape index (κ1) is 12.7. The second-order valence-corrected chi connectivity index (χ2v) is 5.87. The van der Waals surface area contributed by atoms with Crippen molar-refractivity contribution in [1.82, 2.24) is 10.3 Å². The van der Waals surface area contributed by atoms with Gasteiger partial charge in [0.2, 0.25) is 0 Å². The molecule has 2 heteroatoms. The van der Waals surface area contributed by atoms with E-state index in [1.807, 2.05) is 0 Å². The van der Waals surface area contributed by atoms with Crippen LogP contribution in [0.15, 0.2) is 54.6 Å². The summed E-state index contributed by atoms with van der Waals surface area (Å²) in [5.41, 5.74) is 5.32. The Morgan fingerprint density at radius 2 is 1.71 bits per heavy atom. The van der Waals surface area contributed by atoms with E-state index in [2.05, 4.69) is 64.9 Å². The predicted octanol–water partition coefficient (Wildman–Crippen LogP) is 4.30. The van der Waals surface area contributed by atoms with Crippen molar-refractivity contribution in [2.24, 2.45) is 0 Å². The van der Waals surface area contributed by atoms with Gasteiger partial charge in [-0.3, -0.25) is 0 Å². The van der Waals surface area contributed by atoms with Crippen LogP contribution < -0.4 is 5.32 Å². The van der Waals surface area contributed by atoms with Gasteiger partial charge in [-0.25, -0.2) is 0 Å². The lowest BCUT2D eigenvalue weighted by atomic mass is 9.88. The molecule has 0 radical (unpaired) electrons. The minimum absolute atomic E-state index is 0.602. The molecule has 0 bridgehead atoms. The Balaban J connectivity index is 1.92. The number of para-hydroxylation sites is 1. The molecule has 3 aromatic rings. The largest absolute Gasteiger partial charge is 0.354 e. The normalized spacial score (nSPS) is 19.0. The molecule has 0 aliphatic carbocycles. The van der Waals surface area contributed by atoms with Crippen LogP contribution in [0.5, 0.6) is 0 Å². The van der Waals surface area contributed by atoms with E-state index in [1.54, 1.807) is 0 Å². The number of H-pyrrole nitrogens is 1. The zero-order chi connectivity index (χ0) is 14.1. The molecule has 1 fully saturated rings. The first-order valence-corrected chi connectivity index (χ1v) is 7.80. The molecule has 21 heavy (non-hydrogen) atoms. The van der Waals surface area contributed by atoms with Crippen molar-refractivity contribution in [3.8, 4) is 11.3 Å². The van der Waals surface area contributed by atoms with Crippen molar-refractivity contribution in [3.63, 3.8) is 0 Å². The third kappa shape index (κ3) is 2.26. The van der Waals surface area contributed by atoms with Gasteiger partial charge < -0.3 is 10.3 Å². The SMILES string of the molecule is c1ccc(-c2[nH]c3ccccc3c2[C@@H]2CCCNC2)cc1. The van der Waals surface area contributed by atoms with E-state index in [9.17, 15) is 0 Å². The second kappa shape index (κ2) is 5.38. The summed E-state index contributed by atoms with van der Waals surface area (Å²) in [4.78, 5) is 3.65. The van der Waals surface area contributed by atoms with E-state index in [4.69, 9.17) is 0 Å². The molecule has 2 N–H and O–H groups in total. The number of hydrogen-bond donors (Lipinski definition) is 2. The Hall–Kier alpha value is -2.06. The van der Waals surface area contributed by atoms with Gasteiger partial charge in [0.1, 0.15) is 0 Å². The number of hydrogen-bond acceptors (Lipinski definition) is 1. The summed E-state index contributed by atoms with van der Waals surface area (Å²) < 4.78 is 0. The quantitative estimate of drug-likeness (QED) is 0.717. The summed E-state index contributed by atoms with van der Waals surface area (Å²) in [6, 6.07) is 19.4. The van der Waals surface area contributed by atoms with Gasteiger partial charge >= 0.3 is 0 Å². The third-order valence-electron chi connectivity index (χ3n) is 4.51. The van der Waals surface area contributed by atoms with Gasteiger partial charge in [-0.05, 0) is 42.5 Å². The zero-order valence-corrected chi connectivity index (χ0v) is 12.1. The summed E-state index contributed by atoms with van der Waals surface area (Å²) >= 11 is 0. The van der Waals surface area contributed by atoms with E-state index in [0.717, 1.165) is 13.1 Å². The number of rotatable bonds is 2. The van der Waals surface area contributed by atoms with Gasteiger partial charge in [0.15, 0.2) is 0 Å². The number of aromatic amines is 1. The van der Waals surface area contributed by atoms with Crippen molar-refractivity contribution in [1.29, 1.82) is 0 Å². The Morgan fingerprint density at radius 1 is 0.905 bits per heavy atom. The monoisotopic (exact) mass is 276 g/mol. The average molecular weight is 276 g/mol. The standard InChI is InChI=1S/C19H20N2/c1-2-7-14(8-3-1)19-18(15-9-6-12-20-13-15)16-10-4-5-11-17(16)21-19/h1-5,7-8,10-11,15,20-21H,6,9,12-13H2/t15-/m1/s1. The number of nitrogens with one attached hydrogen (secondary N) is 2. The first-order chi connectivity index (χ1) is 10.4. The number of aromatic nitrogens is 1. The van der Waals surface area contributed by atoms with E-state index < -0.39 is 0 Å². The maximum atomic E-state index is 3.65. The van der Waals surface area contributed by atoms with Crippen LogP contribution in [0.4, 0.5) is 0 Å². The fourth-order valence-electron chi connectivity index (χ4n) is 3.52. The van der Waals surface area contributed by atoms with Crippen LogP contribution in [0, 0.1) is 0 Å². The summed E-state index contributed by atoms with van der Waals surface area (Å²) in [6.07, 6.45) is 2.53. The lowest BCUT2D eigenvalue weighted by molar-refractivity contribution is 0.464. The molecule has 2 heterocycles. The molecular formula is C19H20N2. The molecule has 106 valence electrons. The maximum absolute atomic E-state index is 3.65. The molecule has 4 rings (SSSR count). The Bertz CT molecular complexity index is 737. The molecule has 1 aliphatic rings. The van der Waals surface area contributed by atoms with Gasteiger partial charge in [0.25, 0.3) is 0 Å². The number of piperidine rings is 1. The van der Waals surface area contributed by atoms with E-state index in [0.29, 0.717) is 5.92 Å². The van der Waals surface area contributed by atoms with Crippen molar-refractivity contribution < 1.29 is 0 Å². The smallest absolute Gasteiger partial charge is 0.0500 e. The average Bonchev–Trinajstić information content (AvgIpc) is 2.96. The number of benzene rings is 2. The highest BCUT2D eigenvalue weighted by atomic mass is 14.9. The molecule has 1 atom stereocenters. The van der Waals surface area contributed by atoms with Crippen LogP contribution in [0.3, 0.4) is 0 Å². The second-order valence-electron chi connectivity index (χ2n) is 5.87. The Morgan fingerprint density at radius 3 is 2.52 bits per heavy atom. The fourth-order valence-corrected chi connectivity index (χ4v) is 3.52. The van der Waals surface area contributed by atoms with Crippen molar-refractivity contribution >= 4 is 10.9 Å². The molecule has 0 amide bonds.